The van der Waals surface area contributed by atoms with Gasteiger partial charge in [0.1, 0.15) is 0 Å². The molecule has 6 heteroatoms. The van der Waals surface area contributed by atoms with Crippen molar-refractivity contribution in [2.75, 3.05) is 6.54 Å². The average Bonchev–Trinajstić information content (AvgIpc) is 3.17. The van der Waals surface area contributed by atoms with Crippen LogP contribution in [0, 0.1) is 11.3 Å². The van der Waals surface area contributed by atoms with Crippen LogP contribution in [0.25, 0.3) is 5.69 Å². The van der Waals surface area contributed by atoms with E-state index in [0.29, 0.717) is 24.5 Å². The van der Waals surface area contributed by atoms with Gasteiger partial charge in [0.2, 0.25) is 5.91 Å². The normalized spacial score (nSPS) is 24.5. The molecular weight excluding hydrogens is 362 g/mol. The predicted molar refractivity (Wildman–Crippen MR) is 105 cm³/mol. The number of aliphatic hydroxyl groups is 1. The van der Waals surface area contributed by atoms with Crippen LogP contribution >= 0.6 is 11.6 Å². The Balaban J connectivity index is 1.67. The highest BCUT2D eigenvalue weighted by atomic mass is 35.5. The zero-order valence-electron chi connectivity index (χ0n) is 15.9. The molecule has 0 saturated heterocycles. The Bertz CT molecular complexity index is 861. The number of rotatable bonds is 2. The number of halogens is 1. The molecule has 0 bridgehead atoms. The summed E-state index contributed by atoms with van der Waals surface area (Å²) >= 11 is 6.40. The Morgan fingerprint density at radius 1 is 1.30 bits per heavy atom. The minimum Gasteiger partial charge on any atom is -0.393 e. The summed E-state index contributed by atoms with van der Waals surface area (Å²) in [7, 11) is 0. The molecule has 4 rings (SSSR count). The molecule has 1 aromatic heterocycles. The molecule has 1 aliphatic carbocycles. The summed E-state index contributed by atoms with van der Waals surface area (Å²) in [6.45, 7) is 5.65. The first kappa shape index (κ1) is 18.5. The van der Waals surface area contributed by atoms with Crippen molar-refractivity contribution >= 4 is 17.5 Å². The SMILES string of the molecule is CC1(C)Cc2c(cnn2-c2ccccc2Cl)CN(C(=O)[C@@H]2CC[C@@H](O)C2)C1. The quantitative estimate of drug-likeness (QED) is 0.856. The minimum absolute atomic E-state index is 0.0593. The van der Waals surface area contributed by atoms with E-state index in [1.165, 1.54) is 0 Å². The smallest absolute Gasteiger partial charge is 0.226 e. The summed E-state index contributed by atoms with van der Waals surface area (Å²) in [5.41, 5.74) is 2.99. The molecule has 2 aliphatic rings. The van der Waals surface area contributed by atoms with Gasteiger partial charge in [-0.2, -0.15) is 5.10 Å². The largest absolute Gasteiger partial charge is 0.393 e. The van der Waals surface area contributed by atoms with E-state index in [4.69, 9.17) is 11.6 Å². The van der Waals surface area contributed by atoms with E-state index < -0.39 is 0 Å². The number of amides is 1. The third kappa shape index (κ3) is 3.63. The topological polar surface area (TPSA) is 58.4 Å². The van der Waals surface area contributed by atoms with Crippen molar-refractivity contribution in [3.8, 4) is 5.69 Å². The Kier molecular flexibility index (Phi) is 4.77. The van der Waals surface area contributed by atoms with Gasteiger partial charge in [-0.1, -0.05) is 37.6 Å². The molecule has 1 aliphatic heterocycles. The number of benzene rings is 1. The number of carbonyl (C=O) groups excluding carboxylic acids is 1. The molecule has 2 atom stereocenters. The zero-order valence-corrected chi connectivity index (χ0v) is 16.6. The molecule has 2 heterocycles. The van der Waals surface area contributed by atoms with E-state index in [9.17, 15) is 9.90 Å². The number of carbonyl (C=O) groups is 1. The third-order valence-corrected chi connectivity index (χ3v) is 6.05. The average molecular weight is 388 g/mol. The maximum absolute atomic E-state index is 13.1. The molecule has 144 valence electrons. The highest BCUT2D eigenvalue weighted by molar-refractivity contribution is 6.32. The summed E-state index contributed by atoms with van der Waals surface area (Å²) in [6, 6.07) is 7.71. The van der Waals surface area contributed by atoms with Crippen LogP contribution in [0.4, 0.5) is 0 Å². The van der Waals surface area contributed by atoms with Crippen molar-refractivity contribution in [3.63, 3.8) is 0 Å². The summed E-state index contributed by atoms with van der Waals surface area (Å²) < 4.78 is 1.92. The van der Waals surface area contributed by atoms with E-state index in [2.05, 4.69) is 18.9 Å². The van der Waals surface area contributed by atoms with Gasteiger partial charge in [0.05, 0.1) is 23.0 Å². The fourth-order valence-corrected chi connectivity index (χ4v) is 4.66. The van der Waals surface area contributed by atoms with Gasteiger partial charge in [0.15, 0.2) is 0 Å². The molecule has 1 fully saturated rings. The molecule has 0 radical (unpaired) electrons. The molecule has 5 nitrogen and oxygen atoms in total. The number of aliphatic hydroxyl groups excluding tert-OH is 1. The Hall–Kier alpha value is -1.85. The Labute approximate surface area is 164 Å². The van der Waals surface area contributed by atoms with E-state index in [1.54, 1.807) is 0 Å². The van der Waals surface area contributed by atoms with E-state index in [0.717, 1.165) is 36.2 Å². The van der Waals surface area contributed by atoms with Gasteiger partial charge in [-0.25, -0.2) is 4.68 Å². The van der Waals surface area contributed by atoms with Crippen molar-refractivity contribution in [1.82, 2.24) is 14.7 Å². The molecule has 2 aromatic rings. The lowest BCUT2D eigenvalue weighted by molar-refractivity contribution is -0.137. The first-order valence-electron chi connectivity index (χ1n) is 9.61. The molecule has 27 heavy (non-hydrogen) atoms. The van der Waals surface area contributed by atoms with Crippen LogP contribution < -0.4 is 0 Å². The lowest BCUT2D eigenvalue weighted by atomic mass is 9.87. The Morgan fingerprint density at radius 3 is 2.78 bits per heavy atom. The number of hydrogen-bond donors (Lipinski definition) is 1. The van der Waals surface area contributed by atoms with Crippen LogP contribution in [-0.4, -0.2) is 38.3 Å². The van der Waals surface area contributed by atoms with Crippen LogP contribution in [0.2, 0.25) is 5.02 Å². The lowest BCUT2D eigenvalue weighted by Gasteiger charge is -2.31. The van der Waals surface area contributed by atoms with Gasteiger partial charge < -0.3 is 10.0 Å². The van der Waals surface area contributed by atoms with E-state index in [-0.39, 0.29) is 23.3 Å². The van der Waals surface area contributed by atoms with Crippen molar-refractivity contribution < 1.29 is 9.90 Å². The summed E-state index contributed by atoms with van der Waals surface area (Å²) in [5, 5.41) is 15.1. The highest BCUT2D eigenvalue weighted by Crippen LogP contribution is 2.35. The fraction of sp³-hybridized carbons (Fsp3) is 0.524. The van der Waals surface area contributed by atoms with Gasteiger partial charge in [0.25, 0.3) is 0 Å². The summed E-state index contributed by atoms with van der Waals surface area (Å²) in [6.07, 6.45) is 4.44. The molecule has 1 N–H and O–H groups in total. The van der Waals surface area contributed by atoms with Gasteiger partial charge in [-0.15, -0.1) is 0 Å². The van der Waals surface area contributed by atoms with Gasteiger partial charge in [0, 0.05) is 30.3 Å². The van der Waals surface area contributed by atoms with Gasteiger partial charge >= 0.3 is 0 Å². The second-order valence-electron chi connectivity index (χ2n) is 8.68. The molecule has 0 unspecified atom stereocenters. The maximum atomic E-state index is 13.1. The highest BCUT2D eigenvalue weighted by Gasteiger charge is 2.37. The van der Waals surface area contributed by atoms with Crippen LogP contribution in [0.1, 0.15) is 44.4 Å². The standard InChI is InChI=1S/C21H26ClN3O2/c1-21(2)10-19-15(11-23-25(19)18-6-4-3-5-17(18)22)12-24(13-21)20(27)14-7-8-16(26)9-14/h3-6,11,14,16,26H,7-10,12-13H2,1-2H3/t14-,16-/m1/s1. The Morgan fingerprint density at radius 2 is 2.07 bits per heavy atom. The van der Waals surface area contributed by atoms with Crippen LogP contribution in [0.3, 0.4) is 0 Å². The van der Waals surface area contributed by atoms with Gasteiger partial charge in [-0.3, -0.25) is 4.79 Å². The van der Waals surface area contributed by atoms with Crippen molar-refractivity contribution in [2.45, 2.75) is 52.2 Å². The molecule has 0 spiro atoms. The van der Waals surface area contributed by atoms with Crippen molar-refractivity contribution in [3.05, 3.63) is 46.7 Å². The number of hydrogen-bond acceptors (Lipinski definition) is 3. The van der Waals surface area contributed by atoms with E-state index >= 15 is 0 Å². The minimum atomic E-state index is -0.336. The summed E-state index contributed by atoms with van der Waals surface area (Å²) in [5.74, 6) is 0.105. The van der Waals surface area contributed by atoms with Crippen LogP contribution in [-0.2, 0) is 17.8 Å². The molecule has 1 amide bonds. The fourth-order valence-electron chi connectivity index (χ4n) is 4.44. The maximum Gasteiger partial charge on any atom is 0.226 e. The number of fused-ring (bicyclic) bond motifs is 1. The first-order chi connectivity index (χ1) is 12.8. The lowest BCUT2D eigenvalue weighted by Crippen LogP contribution is -2.40. The van der Waals surface area contributed by atoms with Crippen molar-refractivity contribution in [2.24, 2.45) is 11.3 Å². The van der Waals surface area contributed by atoms with Gasteiger partial charge in [-0.05, 0) is 43.2 Å². The summed E-state index contributed by atoms with van der Waals surface area (Å²) in [4.78, 5) is 15.1. The molecule has 1 saturated carbocycles. The number of aromatic nitrogens is 2. The second kappa shape index (κ2) is 6.95. The van der Waals surface area contributed by atoms with E-state index in [1.807, 2.05) is 40.0 Å². The number of nitrogens with zero attached hydrogens (tertiary/aromatic N) is 3. The first-order valence-corrected chi connectivity index (χ1v) is 9.99. The number of para-hydroxylation sites is 1. The third-order valence-electron chi connectivity index (χ3n) is 5.73. The second-order valence-corrected chi connectivity index (χ2v) is 9.09. The predicted octanol–water partition coefficient (Wildman–Crippen LogP) is 3.60. The molecular formula is C21H26ClN3O2. The zero-order chi connectivity index (χ0) is 19.2. The van der Waals surface area contributed by atoms with Crippen LogP contribution in [0.5, 0.6) is 0 Å². The molecule has 1 aromatic carbocycles. The van der Waals surface area contributed by atoms with Crippen LogP contribution in [0.15, 0.2) is 30.5 Å². The monoisotopic (exact) mass is 387 g/mol. The van der Waals surface area contributed by atoms with Crippen molar-refractivity contribution in [1.29, 1.82) is 0 Å².